The lowest BCUT2D eigenvalue weighted by molar-refractivity contribution is 0.348. The fourth-order valence-electron chi connectivity index (χ4n) is 2.86. The molecule has 9 heteroatoms. The van der Waals surface area contributed by atoms with Crippen LogP contribution in [0.25, 0.3) is 0 Å². The lowest BCUT2D eigenvalue weighted by atomic mass is 9.85. The van der Waals surface area contributed by atoms with E-state index in [-0.39, 0.29) is 32.9 Å². The molecule has 1 aromatic carbocycles. The smallest absolute Gasteiger partial charge is 0.333 e. The van der Waals surface area contributed by atoms with Crippen LogP contribution in [0.3, 0.4) is 0 Å². The number of hydrogen-bond acceptors (Lipinski definition) is 5. The van der Waals surface area contributed by atoms with Crippen LogP contribution in [-0.2, 0) is 14.1 Å². The molecule has 25 heavy (non-hydrogen) atoms. The second-order valence-corrected chi connectivity index (χ2v) is 6.30. The fraction of sp³-hybridized carbons (Fsp3) is 0.188. The summed E-state index contributed by atoms with van der Waals surface area (Å²) in [6.07, 6.45) is 0. The average molecular weight is 379 g/mol. The quantitative estimate of drug-likeness (QED) is 0.811. The Morgan fingerprint density at radius 2 is 1.76 bits per heavy atom. The minimum atomic E-state index is -0.944. The van der Waals surface area contributed by atoms with E-state index in [0.29, 0.717) is 5.56 Å². The monoisotopic (exact) mass is 378 g/mol. The second-order valence-electron chi connectivity index (χ2n) is 5.48. The number of nitrogens with two attached hydrogens (primary N) is 1. The molecule has 0 spiro atoms. The summed E-state index contributed by atoms with van der Waals surface area (Å²) in [4.78, 5) is 24.9. The molecular formula is C16H12Cl2N4O3. The average Bonchev–Trinajstić information content (AvgIpc) is 2.57. The highest BCUT2D eigenvalue weighted by Crippen LogP contribution is 2.44. The van der Waals surface area contributed by atoms with Crippen LogP contribution in [0.4, 0.5) is 0 Å². The maximum atomic E-state index is 12.8. The predicted octanol–water partition coefficient (Wildman–Crippen LogP) is 1.61. The number of rotatable bonds is 1. The molecule has 2 heterocycles. The number of hydrogen-bond donors (Lipinski definition) is 1. The van der Waals surface area contributed by atoms with Gasteiger partial charge in [0.25, 0.3) is 5.56 Å². The summed E-state index contributed by atoms with van der Waals surface area (Å²) in [6.45, 7) is 0. The number of fused-ring (bicyclic) bond motifs is 1. The molecule has 0 radical (unpaired) electrons. The van der Waals surface area contributed by atoms with Gasteiger partial charge in [-0.15, -0.1) is 0 Å². The molecule has 1 aliphatic heterocycles. The molecule has 7 nitrogen and oxygen atoms in total. The van der Waals surface area contributed by atoms with Crippen molar-refractivity contribution in [2.75, 3.05) is 0 Å². The van der Waals surface area contributed by atoms with Gasteiger partial charge in [0.2, 0.25) is 11.8 Å². The highest BCUT2D eigenvalue weighted by Gasteiger charge is 2.37. The molecule has 0 unspecified atom stereocenters. The van der Waals surface area contributed by atoms with Crippen LogP contribution in [0.2, 0.25) is 10.0 Å². The minimum Gasteiger partial charge on any atom is -0.423 e. The number of allylic oxidation sites excluding steroid dienone is 1. The van der Waals surface area contributed by atoms with Gasteiger partial charge in [-0.05, 0) is 12.1 Å². The Labute approximate surface area is 152 Å². The number of nitrogens with zero attached hydrogens (tertiary/aromatic N) is 3. The second kappa shape index (κ2) is 5.99. The van der Waals surface area contributed by atoms with Crippen molar-refractivity contribution in [1.82, 2.24) is 9.13 Å². The van der Waals surface area contributed by atoms with Gasteiger partial charge in [0.15, 0.2) is 0 Å². The third kappa shape index (κ3) is 2.42. The van der Waals surface area contributed by atoms with E-state index in [2.05, 4.69) is 0 Å². The van der Waals surface area contributed by atoms with Crippen molar-refractivity contribution in [1.29, 1.82) is 5.26 Å². The van der Waals surface area contributed by atoms with Crippen LogP contribution in [-0.4, -0.2) is 9.13 Å². The van der Waals surface area contributed by atoms with Gasteiger partial charge in [-0.3, -0.25) is 13.9 Å². The molecule has 1 aromatic heterocycles. The predicted molar refractivity (Wildman–Crippen MR) is 92.7 cm³/mol. The lowest BCUT2D eigenvalue weighted by Crippen LogP contribution is -2.42. The van der Waals surface area contributed by atoms with E-state index in [9.17, 15) is 14.9 Å². The van der Waals surface area contributed by atoms with Gasteiger partial charge >= 0.3 is 5.69 Å². The Morgan fingerprint density at radius 3 is 2.32 bits per heavy atom. The normalized spacial score (nSPS) is 16.2. The summed E-state index contributed by atoms with van der Waals surface area (Å²) >= 11 is 12.6. The zero-order valence-electron chi connectivity index (χ0n) is 13.2. The van der Waals surface area contributed by atoms with E-state index < -0.39 is 17.2 Å². The highest BCUT2D eigenvalue weighted by atomic mass is 35.5. The molecule has 3 rings (SSSR count). The van der Waals surface area contributed by atoms with Crippen molar-refractivity contribution in [3.8, 4) is 11.9 Å². The van der Waals surface area contributed by atoms with Gasteiger partial charge in [-0.25, -0.2) is 4.79 Å². The van der Waals surface area contributed by atoms with Gasteiger partial charge in [0.05, 0.1) is 11.5 Å². The summed E-state index contributed by atoms with van der Waals surface area (Å²) in [7, 11) is 2.78. The van der Waals surface area contributed by atoms with Crippen molar-refractivity contribution < 1.29 is 4.74 Å². The summed E-state index contributed by atoms with van der Waals surface area (Å²) in [5.41, 5.74) is 5.09. The zero-order valence-corrected chi connectivity index (χ0v) is 14.7. The van der Waals surface area contributed by atoms with Gasteiger partial charge in [0, 0.05) is 29.7 Å². The van der Waals surface area contributed by atoms with Gasteiger partial charge in [0.1, 0.15) is 11.6 Å². The zero-order chi connectivity index (χ0) is 18.5. The van der Waals surface area contributed by atoms with Crippen LogP contribution in [0.5, 0.6) is 5.88 Å². The van der Waals surface area contributed by atoms with Crippen LogP contribution in [0.15, 0.2) is 39.2 Å². The Bertz CT molecular complexity index is 1070. The molecule has 0 aliphatic carbocycles. The third-order valence-corrected chi connectivity index (χ3v) is 4.76. The molecule has 0 saturated heterocycles. The summed E-state index contributed by atoms with van der Waals surface area (Å²) in [5, 5.41) is 10.1. The Morgan fingerprint density at radius 1 is 1.16 bits per heavy atom. The maximum Gasteiger partial charge on any atom is 0.333 e. The number of nitriles is 1. The van der Waals surface area contributed by atoms with Gasteiger partial charge in [-0.1, -0.05) is 29.3 Å². The molecule has 2 aromatic rings. The first kappa shape index (κ1) is 17.1. The van der Waals surface area contributed by atoms with Crippen LogP contribution < -0.4 is 21.7 Å². The minimum absolute atomic E-state index is 0.00162. The molecule has 0 saturated carbocycles. The van der Waals surface area contributed by atoms with Crippen molar-refractivity contribution in [3.63, 3.8) is 0 Å². The van der Waals surface area contributed by atoms with Gasteiger partial charge < -0.3 is 10.5 Å². The lowest BCUT2D eigenvalue weighted by Gasteiger charge is -2.28. The standard InChI is InChI=1S/C16H12Cl2N4O3/c1-21-14(23)12-10(11-8(17)4-3-5-9(11)18)7(6-19)13(20)25-15(12)22(2)16(21)24/h3-5,10H,20H2,1-2H3/t10-/m0/s1. The van der Waals surface area contributed by atoms with Crippen LogP contribution >= 0.6 is 23.2 Å². The van der Waals surface area contributed by atoms with Crippen molar-refractivity contribution >= 4 is 23.2 Å². The molecule has 0 bridgehead atoms. The molecule has 1 aliphatic rings. The largest absolute Gasteiger partial charge is 0.423 e. The molecule has 128 valence electrons. The van der Waals surface area contributed by atoms with Crippen LogP contribution in [0, 0.1) is 11.3 Å². The molecule has 0 fully saturated rings. The molecular weight excluding hydrogens is 367 g/mol. The maximum absolute atomic E-state index is 12.8. The van der Waals surface area contributed by atoms with E-state index in [1.54, 1.807) is 18.2 Å². The summed E-state index contributed by atoms with van der Waals surface area (Å²) in [5.74, 6) is -1.19. The number of ether oxygens (including phenoxy) is 1. The third-order valence-electron chi connectivity index (χ3n) is 4.10. The fourth-order valence-corrected chi connectivity index (χ4v) is 3.48. The van der Waals surface area contributed by atoms with Crippen molar-refractivity contribution in [2.24, 2.45) is 19.8 Å². The summed E-state index contributed by atoms with van der Waals surface area (Å²) in [6, 6.07) is 6.79. The topological polar surface area (TPSA) is 103 Å². The first-order valence-electron chi connectivity index (χ1n) is 7.11. The number of benzene rings is 1. The van der Waals surface area contributed by atoms with Gasteiger partial charge in [-0.2, -0.15) is 5.26 Å². The molecule has 0 amide bonds. The van der Waals surface area contributed by atoms with E-state index in [1.807, 2.05) is 6.07 Å². The number of aromatic nitrogens is 2. The van der Waals surface area contributed by atoms with Crippen molar-refractivity contribution in [2.45, 2.75) is 5.92 Å². The molecule has 2 N–H and O–H groups in total. The first-order chi connectivity index (χ1) is 11.8. The summed E-state index contributed by atoms with van der Waals surface area (Å²) < 4.78 is 7.49. The Kier molecular flexibility index (Phi) is 4.11. The Balaban J connectivity index is 2.50. The van der Waals surface area contributed by atoms with Crippen molar-refractivity contribution in [3.05, 3.63) is 71.7 Å². The highest BCUT2D eigenvalue weighted by molar-refractivity contribution is 6.36. The van der Waals surface area contributed by atoms with E-state index in [0.717, 1.165) is 9.13 Å². The SMILES string of the molecule is Cn1c2c(c(=O)n(C)c1=O)[C@H](c1c(Cl)cccc1Cl)C(C#N)=C(N)O2. The van der Waals surface area contributed by atoms with E-state index in [1.165, 1.54) is 14.1 Å². The number of halogens is 2. The van der Waals surface area contributed by atoms with Crippen LogP contribution in [0.1, 0.15) is 17.0 Å². The molecule has 1 atom stereocenters. The van der Waals surface area contributed by atoms with E-state index >= 15 is 0 Å². The first-order valence-corrected chi connectivity index (χ1v) is 7.86. The van der Waals surface area contributed by atoms with E-state index in [4.69, 9.17) is 33.7 Å². The Hall–Kier alpha value is -2.69.